The van der Waals surface area contributed by atoms with Gasteiger partial charge in [0.25, 0.3) is 10.0 Å². The van der Waals surface area contributed by atoms with Crippen LogP contribution in [0, 0.1) is 0 Å². The lowest BCUT2D eigenvalue weighted by molar-refractivity contribution is -0.137. The summed E-state index contributed by atoms with van der Waals surface area (Å²) in [5.74, 6) is 0. The number of halogens is 3. The highest BCUT2D eigenvalue weighted by Crippen LogP contribution is 2.34. The molecule has 2 heterocycles. The first-order valence-electron chi connectivity index (χ1n) is 7.71. The molecule has 7 nitrogen and oxygen atoms in total. The summed E-state index contributed by atoms with van der Waals surface area (Å²) in [4.78, 5) is -0.178. The molecule has 0 aliphatic heterocycles. The summed E-state index contributed by atoms with van der Waals surface area (Å²) in [5.41, 5.74) is -0.588. The normalized spacial score (nSPS) is 12.4. The van der Waals surface area contributed by atoms with E-state index in [1.54, 1.807) is 12.1 Å². The molecule has 0 fully saturated rings. The van der Waals surface area contributed by atoms with Crippen LogP contribution in [-0.4, -0.2) is 26.9 Å². The van der Waals surface area contributed by atoms with Crippen LogP contribution in [0.15, 0.2) is 59.8 Å². The standard InChI is InChI=1S/C16H10F3N5O2S2/c17-16(18,19)10-5-6-13(24-8-2-7-20-24)12(9-10)23-28(25,26)14-4-1-3-11-15(14)22-27-21-11/h1-9,23H. The zero-order chi connectivity index (χ0) is 19.9. The number of hydrogen-bond acceptors (Lipinski definition) is 6. The van der Waals surface area contributed by atoms with Gasteiger partial charge in [-0.25, -0.2) is 13.1 Å². The smallest absolute Gasteiger partial charge is 0.277 e. The van der Waals surface area contributed by atoms with Gasteiger partial charge in [0.2, 0.25) is 0 Å². The largest absolute Gasteiger partial charge is 0.416 e. The molecule has 0 aliphatic rings. The lowest BCUT2D eigenvalue weighted by atomic mass is 10.1. The van der Waals surface area contributed by atoms with Gasteiger partial charge < -0.3 is 0 Å². The summed E-state index contributed by atoms with van der Waals surface area (Å²) >= 11 is 0.841. The first kappa shape index (κ1) is 18.4. The molecule has 0 bridgehead atoms. The second kappa shape index (κ2) is 6.56. The summed E-state index contributed by atoms with van der Waals surface area (Å²) in [7, 11) is -4.24. The van der Waals surface area contributed by atoms with Crippen LogP contribution >= 0.6 is 11.7 Å². The second-order valence-corrected chi connectivity index (χ2v) is 7.85. The highest BCUT2D eigenvalue weighted by molar-refractivity contribution is 7.93. The molecule has 0 saturated heterocycles. The Labute approximate surface area is 160 Å². The van der Waals surface area contributed by atoms with Crippen LogP contribution in [0.25, 0.3) is 16.7 Å². The van der Waals surface area contributed by atoms with Gasteiger partial charge in [-0.15, -0.1) is 0 Å². The topological polar surface area (TPSA) is 89.8 Å². The van der Waals surface area contributed by atoms with E-state index in [9.17, 15) is 21.6 Å². The second-order valence-electron chi connectivity index (χ2n) is 5.67. The molecule has 0 amide bonds. The number of nitrogens with one attached hydrogen (secondary N) is 1. The Hall–Kier alpha value is -2.99. The monoisotopic (exact) mass is 425 g/mol. The molecule has 144 valence electrons. The van der Waals surface area contributed by atoms with Crippen molar-refractivity contribution in [3.05, 3.63) is 60.4 Å². The van der Waals surface area contributed by atoms with E-state index in [-0.39, 0.29) is 21.8 Å². The van der Waals surface area contributed by atoms with Crippen LogP contribution in [0.3, 0.4) is 0 Å². The van der Waals surface area contributed by atoms with E-state index in [2.05, 4.69) is 18.6 Å². The zero-order valence-electron chi connectivity index (χ0n) is 13.8. The number of benzene rings is 2. The van der Waals surface area contributed by atoms with E-state index >= 15 is 0 Å². The molecule has 28 heavy (non-hydrogen) atoms. The predicted octanol–water partition coefficient (Wildman–Crippen LogP) is 3.70. The minimum absolute atomic E-state index is 0.144. The molecule has 0 aliphatic carbocycles. The number of aromatic nitrogens is 4. The molecule has 2 aromatic heterocycles. The van der Waals surface area contributed by atoms with Crippen LogP contribution in [0.2, 0.25) is 0 Å². The van der Waals surface area contributed by atoms with Gasteiger partial charge in [0.15, 0.2) is 0 Å². The number of alkyl halides is 3. The first-order chi connectivity index (χ1) is 13.3. The molecule has 2 aromatic carbocycles. The van der Waals surface area contributed by atoms with Crippen LogP contribution in [0.1, 0.15) is 5.56 Å². The summed E-state index contributed by atoms with van der Waals surface area (Å²) < 4.78 is 76.7. The highest BCUT2D eigenvalue weighted by Gasteiger charge is 2.32. The number of sulfonamides is 1. The van der Waals surface area contributed by atoms with Crippen molar-refractivity contribution in [3.63, 3.8) is 0 Å². The van der Waals surface area contributed by atoms with Gasteiger partial charge in [-0.1, -0.05) is 6.07 Å². The van der Waals surface area contributed by atoms with Gasteiger partial charge in [-0.3, -0.25) is 4.72 Å². The SMILES string of the molecule is O=S(=O)(Nc1cc(C(F)(F)F)ccc1-n1cccn1)c1cccc2nsnc12. The van der Waals surface area contributed by atoms with Gasteiger partial charge >= 0.3 is 6.18 Å². The third kappa shape index (κ3) is 3.31. The molecule has 0 unspecified atom stereocenters. The fourth-order valence-corrected chi connectivity index (χ4v) is 4.44. The molecule has 4 aromatic rings. The maximum absolute atomic E-state index is 13.1. The van der Waals surface area contributed by atoms with Gasteiger partial charge in [0.1, 0.15) is 15.9 Å². The summed E-state index contributed by atoms with van der Waals surface area (Å²) in [6, 6.07) is 8.70. The molecule has 1 N–H and O–H groups in total. The van der Waals surface area contributed by atoms with E-state index < -0.39 is 21.8 Å². The van der Waals surface area contributed by atoms with Gasteiger partial charge in [-0.2, -0.15) is 27.0 Å². The minimum Gasteiger partial charge on any atom is -0.277 e. The van der Waals surface area contributed by atoms with Crippen molar-refractivity contribution in [2.24, 2.45) is 0 Å². The Kier molecular flexibility index (Phi) is 4.31. The molecule has 4 rings (SSSR count). The number of nitrogens with zero attached hydrogens (tertiary/aromatic N) is 4. The van der Waals surface area contributed by atoms with Crippen molar-refractivity contribution in [1.29, 1.82) is 0 Å². The Morgan fingerprint density at radius 3 is 2.61 bits per heavy atom. The molecule has 0 spiro atoms. The van der Waals surface area contributed by atoms with Crippen molar-refractivity contribution < 1.29 is 21.6 Å². The van der Waals surface area contributed by atoms with E-state index in [4.69, 9.17) is 0 Å². The maximum atomic E-state index is 13.1. The van der Waals surface area contributed by atoms with Crippen molar-refractivity contribution in [3.8, 4) is 5.69 Å². The summed E-state index contributed by atoms with van der Waals surface area (Å²) in [6.45, 7) is 0. The lowest BCUT2D eigenvalue weighted by Crippen LogP contribution is -2.16. The Morgan fingerprint density at radius 1 is 1.07 bits per heavy atom. The third-order valence-corrected chi connectivity index (χ3v) is 5.80. The van der Waals surface area contributed by atoms with Gasteiger partial charge in [0, 0.05) is 12.4 Å². The molecular formula is C16H10F3N5O2S2. The number of rotatable bonds is 4. The number of anilines is 1. The average Bonchev–Trinajstić information content (AvgIpc) is 3.31. The molecule has 0 atom stereocenters. The summed E-state index contributed by atoms with van der Waals surface area (Å²) in [6.07, 6.45) is -1.72. The van der Waals surface area contributed by atoms with Gasteiger partial charge in [0.05, 0.1) is 28.7 Å². The van der Waals surface area contributed by atoms with E-state index in [1.807, 2.05) is 0 Å². The van der Waals surface area contributed by atoms with Crippen LogP contribution in [0.5, 0.6) is 0 Å². The van der Waals surface area contributed by atoms with Crippen molar-refractivity contribution >= 4 is 38.5 Å². The molecular weight excluding hydrogens is 415 g/mol. The van der Waals surface area contributed by atoms with Crippen LogP contribution < -0.4 is 4.72 Å². The summed E-state index contributed by atoms with van der Waals surface area (Å²) in [5, 5.41) is 3.96. The quantitative estimate of drug-likeness (QED) is 0.539. The van der Waals surface area contributed by atoms with Crippen molar-refractivity contribution in [1.82, 2.24) is 18.5 Å². The predicted molar refractivity (Wildman–Crippen MR) is 96.8 cm³/mol. The van der Waals surface area contributed by atoms with Crippen LogP contribution in [-0.2, 0) is 16.2 Å². The maximum Gasteiger partial charge on any atom is 0.416 e. The van der Waals surface area contributed by atoms with E-state index in [0.29, 0.717) is 5.52 Å². The van der Waals surface area contributed by atoms with Crippen LogP contribution in [0.4, 0.5) is 18.9 Å². The third-order valence-electron chi connectivity index (χ3n) is 3.86. The Bertz CT molecular complexity index is 1250. The Morgan fingerprint density at radius 2 is 1.89 bits per heavy atom. The van der Waals surface area contributed by atoms with Gasteiger partial charge in [-0.05, 0) is 36.4 Å². The number of fused-ring (bicyclic) bond motifs is 1. The first-order valence-corrected chi connectivity index (χ1v) is 9.92. The number of hydrogen-bond donors (Lipinski definition) is 1. The van der Waals surface area contributed by atoms with E-state index in [1.165, 1.54) is 29.2 Å². The average molecular weight is 425 g/mol. The fraction of sp³-hybridized carbons (Fsp3) is 0.0625. The highest BCUT2D eigenvalue weighted by atomic mass is 32.2. The van der Waals surface area contributed by atoms with Crippen molar-refractivity contribution in [2.75, 3.05) is 4.72 Å². The minimum atomic E-state index is -4.64. The fourth-order valence-electron chi connectivity index (χ4n) is 2.60. The molecule has 0 radical (unpaired) electrons. The zero-order valence-corrected chi connectivity index (χ0v) is 15.4. The van der Waals surface area contributed by atoms with E-state index in [0.717, 1.165) is 29.9 Å². The molecule has 12 heteroatoms. The van der Waals surface area contributed by atoms with Crippen molar-refractivity contribution in [2.45, 2.75) is 11.1 Å². The Balaban J connectivity index is 1.85. The molecule has 0 saturated carbocycles. The lowest BCUT2D eigenvalue weighted by Gasteiger charge is -2.15.